The Labute approximate surface area is 188 Å². The van der Waals surface area contributed by atoms with Gasteiger partial charge in [-0.1, -0.05) is 41.3 Å². The van der Waals surface area contributed by atoms with E-state index >= 15 is 0 Å². The number of hydrogen-bond donors (Lipinski definition) is 1. The van der Waals surface area contributed by atoms with Crippen LogP contribution >= 0.6 is 35.3 Å². The van der Waals surface area contributed by atoms with Crippen LogP contribution < -0.4 is 19.5 Å². The zero-order valence-corrected chi connectivity index (χ0v) is 19.2. The van der Waals surface area contributed by atoms with Crippen molar-refractivity contribution in [3.8, 4) is 22.9 Å². The molecule has 0 atom stereocenters. The predicted octanol–water partition coefficient (Wildman–Crippen LogP) is 4.10. The Morgan fingerprint density at radius 2 is 1.80 bits per heavy atom. The Hall–Kier alpha value is -2.56. The van der Waals surface area contributed by atoms with Gasteiger partial charge in [-0.15, -0.1) is 5.10 Å². The molecule has 1 heterocycles. The quantitative estimate of drug-likeness (QED) is 0.378. The van der Waals surface area contributed by atoms with Gasteiger partial charge in [-0.05, 0) is 42.0 Å². The van der Waals surface area contributed by atoms with E-state index in [1.807, 2.05) is 42.5 Å². The molecule has 1 N–H and O–H groups in total. The highest BCUT2D eigenvalue weighted by Gasteiger charge is 2.14. The third kappa shape index (κ3) is 5.32. The lowest BCUT2D eigenvalue weighted by molar-refractivity contribution is -0.118. The van der Waals surface area contributed by atoms with Crippen LogP contribution in [0.2, 0.25) is 0 Å². The smallest absolute Gasteiger partial charge is 0.230 e. The molecule has 0 unspecified atom stereocenters. The summed E-state index contributed by atoms with van der Waals surface area (Å²) in [6, 6.07) is 13.3. The van der Waals surface area contributed by atoms with Crippen molar-refractivity contribution in [1.82, 2.24) is 15.1 Å². The first kappa shape index (κ1) is 22.1. The number of nitrogens with zero attached hydrogens (tertiary/aromatic N) is 2. The van der Waals surface area contributed by atoms with Gasteiger partial charge in [0.25, 0.3) is 0 Å². The zero-order valence-electron chi connectivity index (χ0n) is 16.7. The van der Waals surface area contributed by atoms with Gasteiger partial charge in [0, 0.05) is 6.54 Å². The second-order valence-electron chi connectivity index (χ2n) is 5.98. The largest absolute Gasteiger partial charge is 0.493 e. The highest BCUT2D eigenvalue weighted by atomic mass is 32.2. The zero-order chi connectivity index (χ0) is 21.5. The van der Waals surface area contributed by atoms with Crippen molar-refractivity contribution in [1.29, 1.82) is 0 Å². The average Bonchev–Trinajstić information content (AvgIpc) is 3.16. The maximum absolute atomic E-state index is 12.3. The second-order valence-corrected chi connectivity index (χ2v) is 8.83. The van der Waals surface area contributed by atoms with Gasteiger partial charge in [0.1, 0.15) is 0 Å². The molecular formula is C20H21N3O4S3. The number of hydrogen-bond acceptors (Lipinski definition) is 8. The van der Waals surface area contributed by atoms with Gasteiger partial charge < -0.3 is 19.5 Å². The van der Waals surface area contributed by atoms with Crippen molar-refractivity contribution in [3.05, 3.63) is 52.0 Å². The molecule has 0 aliphatic heterocycles. The number of ether oxygens (including phenoxy) is 3. The molecular weight excluding hydrogens is 442 g/mol. The van der Waals surface area contributed by atoms with Crippen LogP contribution in [0.3, 0.4) is 0 Å². The molecule has 3 aromatic rings. The fraction of sp³-hybridized carbons (Fsp3) is 0.250. The first-order valence-electron chi connectivity index (χ1n) is 8.89. The number of aromatic nitrogens is 2. The van der Waals surface area contributed by atoms with E-state index in [1.165, 1.54) is 23.1 Å². The molecule has 1 aromatic heterocycles. The maximum Gasteiger partial charge on any atom is 0.230 e. The minimum absolute atomic E-state index is 0.110. The standard InChI is InChI=1S/C20H21N3O4S3/c1-25-15-9-13(10-16(26-2)18(15)27-3)11-21-17(24)12-29-19-22-23(20(28)30-19)14-7-5-4-6-8-14/h4-10H,11-12H2,1-3H3,(H,21,24). The summed E-state index contributed by atoms with van der Waals surface area (Å²) in [6.07, 6.45) is 0. The highest BCUT2D eigenvalue weighted by molar-refractivity contribution is 8.01. The van der Waals surface area contributed by atoms with Crippen molar-refractivity contribution in [2.24, 2.45) is 0 Å². The van der Waals surface area contributed by atoms with Crippen molar-refractivity contribution in [3.63, 3.8) is 0 Å². The summed E-state index contributed by atoms with van der Waals surface area (Å²) in [5.41, 5.74) is 1.74. The minimum Gasteiger partial charge on any atom is -0.493 e. The van der Waals surface area contributed by atoms with Crippen LogP contribution in [0, 0.1) is 3.95 Å². The Morgan fingerprint density at radius 1 is 1.13 bits per heavy atom. The second kappa shape index (κ2) is 10.5. The summed E-state index contributed by atoms with van der Waals surface area (Å²) in [4.78, 5) is 12.3. The van der Waals surface area contributed by atoms with Crippen molar-refractivity contribution in [2.75, 3.05) is 27.1 Å². The molecule has 0 spiro atoms. The fourth-order valence-corrected chi connectivity index (χ4v) is 4.86. The van der Waals surface area contributed by atoms with E-state index in [0.29, 0.717) is 27.7 Å². The maximum atomic E-state index is 12.3. The van der Waals surface area contributed by atoms with E-state index in [9.17, 15) is 4.79 Å². The lowest BCUT2D eigenvalue weighted by atomic mass is 10.2. The SMILES string of the molecule is COc1cc(CNC(=O)CSc2nn(-c3ccccc3)c(=S)s2)cc(OC)c1OC. The number of carbonyl (C=O) groups excluding carboxylic acids is 1. The summed E-state index contributed by atoms with van der Waals surface area (Å²) in [6.45, 7) is 0.338. The predicted molar refractivity (Wildman–Crippen MR) is 121 cm³/mol. The average molecular weight is 464 g/mol. The highest BCUT2D eigenvalue weighted by Crippen LogP contribution is 2.38. The number of thioether (sulfide) groups is 1. The van der Waals surface area contributed by atoms with Crippen LogP contribution in [0.25, 0.3) is 5.69 Å². The van der Waals surface area contributed by atoms with Crippen molar-refractivity contribution < 1.29 is 19.0 Å². The molecule has 1 amide bonds. The summed E-state index contributed by atoms with van der Waals surface area (Å²) >= 11 is 8.12. The molecule has 30 heavy (non-hydrogen) atoms. The molecule has 0 aliphatic carbocycles. The first-order valence-corrected chi connectivity index (χ1v) is 11.1. The van der Waals surface area contributed by atoms with Gasteiger partial charge in [-0.25, -0.2) is 4.68 Å². The molecule has 3 rings (SSSR count). The molecule has 0 aliphatic rings. The summed E-state index contributed by atoms with van der Waals surface area (Å²) < 4.78 is 19.1. The molecule has 0 saturated heterocycles. The van der Waals surface area contributed by atoms with E-state index in [4.69, 9.17) is 26.4 Å². The van der Waals surface area contributed by atoms with Gasteiger partial charge in [0.2, 0.25) is 11.7 Å². The van der Waals surface area contributed by atoms with Gasteiger partial charge in [0.05, 0.1) is 32.8 Å². The number of para-hydroxylation sites is 1. The number of benzene rings is 2. The Bertz CT molecular complexity index is 1040. The van der Waals surface area contributed by atoms with Gasteiger partial charge in [-0.3, -0.25) is 4.79 Å². The van der Waals surface area contributed by atoms with Crippen LogP contribution in [0.1, 0.15) is 5.56 Å². The lowest BCUT2D eigenvalue weighted by Crippen LogP contribution is -2.24. The molecule has 0 bridgehead atoms. The third-order valence-corrected chi connectivity index (χ3v) is 6.44. The molecule has 158 valence electrons. The van der Waals surface area contributed by atoms with Crippen LogP contribution in [0.4, 0.5) is 0 Å². The minimum atomic E-state index is -0.110. The van der Waals surface area contributed by atoms with Gasteiger partial charge in [0.15, 0.2) is 19.8 Å². The number of nitrogens with one attached hydrogen (secondary N) is 1. The lowest BCUT2D eigenvalue weighted by Gasteiger charge is -2.14. The Balaban J connectivity index is 1.59. The first-order chi connectivity index (χ1) is 14.5. The monoisotopic (exact) mass is 463 g/mol. The van der Waals surface area contributed by atoms with Crippen LogP contribution in [-0.2, 0) is 11.3 Å². The van der Waals surface area contributed by atoms with Crippen molar-refractivity contribution >= 4 is 41.2 Å². The molecule has 0 fully saturated rings. The van der Waals surface area contributed by atoms with E-state index in [0.717, 1.165) is 15.6 Å². The van der Waals surface area contributed by atoms with Crippen molar-refractivity contribution in [2.45, 2.75) is 10.9 Å². The van der Waals surface area contributed by atoms with E-state index in [1.54, 1.807) is 26.0 Å². The summed E-state index contributed by atoms with van der Waals surface area (Å²) in [5.74, 6) is 1.73. The topological polar surface area (TPSA) is 74.6 Å². The van der Waals surface area contributed by atoms with Crippen LogP contribution in [-0.4, -0.2) is 42.8 Å². The number of rotatable bonds is 9. The van der Waals surface area contributed by atoms with Crippen LogP contribution in [0.15, 0.2) is 46.8 Å². The normalized spacial score (nSPS) is 10.5. The van der Waals surface area contributed by atoms with E-state index < -0.39 is 0 Å². The molecule has 0 radical (unpaired) electrons. The number of carbonyl (C=O) groups is 1. The number of methoxy groups -OCH3 is 3. The number of amides is 1. The van der Waals surface area contributed by atoms with Gasteiger partial charge in [-0.2, -0.15) is 0 Å². The molecule has 10 heteroatoms. The van der Waals surface area contributed by atoms with E-state index in [-0.39, 0.29) is 11.7 Å². The molecule has 7 nitrogen and oxygen atoms in total. The van der Waals surface area contributed by atoms with Gasteiger partial charge >= 0.3 is 0 Å². The Kier molecular flexibility index (Phi) is 7.72. The van der Waals surface area contributed by atoms with Crippen LogP contribution in [0.5, 0.6) is 17.2 Å². The third-order valence-electron chi connectivity index (χ3n) is 4.07. The summed E-state index contributed by atoms with van der Waals surface area (Å²) in [5, 5.41) is 7.40. The summed E-state index contributed by atoms with van der Waals surface area (Å²) in [7, 11) is 4.66. The molecule has 0 saturated carbocycles. The Morgan fingerprint density at radius 3 is 2.40 bits per heavy atom. The fourth-order valence-electron chi connectivity index (χ4n) is 2.67. The van der Waals surface area contributed by atoms with E-state index in [2.05, 4.69) is 10.4 Å². The molecule has 2 aromatic carbocycles.